The first-order valence-corrected chi connectivity index (χ1v) is 9.75. The van der Waals surface area contributed by atoms with Gasteiger partial charge < -0.3 is 5.32 Å². The molecule has 1 aliphatic heterocycles. The van der Waals surface area contributed by atoms with Crippen molar-refractivity contribution in [2.24, 2.45) is 0 Å². The zero-order chi connectivity index (χ0) is 22.3. The average Bonchev–Trinajstić information content (AvgIpc) is 2.94. The quantitative estimate of drug-likeness (QED) is 0.586. The second kappa shape index (κ2) is 7.80. The van der Waals surface area contributed by atoms with E-state index in [1.54, 1.807) is 12.1 Å². The third-order valence-electron chi connectivity index (χ3n) is 5.08. The third kappa shape index (κ3) is 3.84. The summed E-state index contributed by atoms with van der Waals surface area (Å²) in [5.74, 6) is -3.42. The molecule has 4 rings (SSSR count). The number of carbonyl (C=O) groups excluding carboxylic acids is 2. The van der Waals surface area contributed by atoms with E-state index in [-0.39, 0.29) is 17.0 Å². The molecule has 0 atom stereocenters. The highest BCUT2D eigenvalue weighted by Crippen LogP contribution is 2.34. The predicted molar refractivity (Wildman–Crippen MR) is 116 cm³/mol. The molecule has 1 aliphatic rings. The number of carbonyl (C=O) groups is 2. The number of nitrogens with zero attached hydrogens (tertiary/aromatic N) is 1. The molecular formula is C25H20F2N2O2. The van der Waals surface area contributed by atoms with Crippen LogP contribution < -0.4 is 10.2 Å². The molecule has 0 spiro atoms. The van der Waals surface area contributed by atoms with Crippen molar-refractivity contribution < 1.29 is 18.4 Å². The first-order valence-electron chi connectivity index (χ1n) is 9.75. The minimum Gasteiger partial charge on any atom is -0.350 e. The van der Waals surface area contributed by atoms with Gasteiger partial charge in [0.25, 0.3) is 11.8 Å². The van der Waals surface area contributed by atoms with Gasteiger partial charge >= 0.3 is 0 Å². The van der Waals surface area contributed by atoms with Crippen LogP contribution in [0.1, 0.15) is 22.3 Å². The van der Waals surface area contributed by atoms with E-state index in [1.807, 2.05) is 51.1 Å². The van der Waals surface area contributed by atoms with Crippen molar-refractivity contribution in [1.82, 2.24) is 0 Å². The molecular weight excluding hydrogens is 398 g/mol. The summed E-state index contributed by atoms with van der Waals surface area (Å²) in [6, 6.07) is 15.9. The van der Waals surface area contributed by atoms with E-state index in [0.29, 0.717) is 11.3 Å². The Hall–Kier alpha value is -3.80. The maximum atomic E-state index is 13.8. The summed E-state index contributed by atoms with van der Waals surface area (Å²) in [6.45, 7) is 5.79. The van der Waals surface area contributed by atoms with Gasteiger partial charge in [-0.2, -0.15) is 0 Å². The van der Waals surface area contributed by atoms with Crippen LogP contribution in [0, 0.1) is 32.4 Å². The number of hydrogen-bond acceptors (Lipinski definition) is 3. The summed E-state index contributed by atoms with van der Waals surface area (Å²) in [5, 5.41) is 3.09. The third-order valence-corrected chi connectivity index (χ3v) is 5.08. The van der Waals surface area contributed by atoms with Crippen molar-refractivity contribution in [2.45, 2.75) is 20.8 Å². The van der Waals surface area contributed by atoms with Gasteiger partial charge in [0, 0.05) is 11.8 Å². The summed E-state index contributed by atoms with van der Waals surface area (Å²) in [5.41, 5.74) is 4.44. The lowest BCUT2D eigenvalue weighted by atomic mass is 10.0. The van der Waals surface area contributed by atoms with Gasteiger partial charge in [0.15, 0.2) is 11.6 Å². The second-order valence-electron chi connectivity index (χ2n) is 7.66. The first kappa shape index (κ1) is 20.5. The summed E-state index contributed by atoms with van der Waals surface area (Å²) >= 11 is 0. The van der Waals surface area contributed by atoms with Crippen molar-refractivity contribution in [3.05, 3.63) is 100 Å². The van der Waals surface area contributed by atoms with Gasteiger partial charge in [0.05, 0.1) is 11.3 Å². The Morgan fingerprint density at radius 1 is 0.710 bits per heavy atom. The molecule has 4 nitrogen and oxygen atoms in total. The molecule has 2 amide bonds. The van der Waals surface area contributed by atoms with Gasteiger partial charge in [-0.3, -0.25) is 9.59 Å². The monoisotopic (exact) mass is 418 g/mol. The minimum absolute atomic E-state index is 0.0317. The fraction of sp³-hybridized carbons (Fsp3) is 0.120. The van der Waals surface area contributed by atoms with Gasteiger partial charge in [-0.15, -0.1) is 0 Å². The van der Waals surface area contributed by atoms with E-state index in [2.05, 4.69) is 5.32 Å². The molecule has 0 unspecified atom stereocenters. The molecule has 0 saturated carbocycles. The number of halogens is 2. The van der Waals surface area contributed by atoms with E-state index in [0.717, 1.165) is 33.7 Å². The number of hydrogen-bond donors (Lipinski definition) is 1. The van der Waals surface area contributed by atoms with Crippen LogP contribution in [-0.4, -0.2) is 11.8 Å². The standard InChI is InChI=1S/C25H20F2N2O2/c1-14-4-6-17(7-5-14)22-23(28-18-11-15(2)10-16(3)12-18)25(31)29(24(22)30)19-8-9-20(26)21(27)13-19/h4-13,28H,1-3H3. The highest BCUT2D eigenvalue weighted by Gasteiger charge is 2.40. The number of imide groups is 1. The molecule has 0 saturated heterocycles. The fourth-order valence-corrected chi connectivity index (χ4v) is 3.68. The highest BCUT2D eigenvalue weighted by atomic mass is 19.2. The zero-order valence-corrected chi connectivity index (χ0v) is 17.3. The highest BCUT2D eigenvalue weighted by molar-refractivity contribution is 6.46. The Morgan fingerprint density at radius 3 is 1.97 bits per heavy atom. The van der Waals surface area contributed by atoms with Gasteiger partial charge in [0.1, 0.15) is 5.70 Å². The zero-order valence-electron chi connectivity index (χ0n) is 17.3. The van der Waals surface area contributed by atoms with Gasteiger partial charge in [-0.05, 0) is 61.7 Å². The number of nitrogens with one attached hydrogen (secondary N) is 1. The van der Waals surface area contributed by atoms with Crippen molar-refractivity contribution in [3.63, 3.8) is 0 Å². The maximum Gasteiger partial charge on any atom is 0.282 e. The van der Waals surface area contributed by atoms with Crippen molar-refractivity contribution >= 4 is 28.8 Å². The van der Waals surface area contributed by atoms with Crippen LogP contribution >= 0.6 is 0 Å². The molecule has 156 valence electrons. The largest absolute Gasteiger partial charge is 0.350 e. The second-order valence-corrected chi connectivity index (χ2v) is 7.66. The smallest absolute Gasteiger partial charge is 0.282 e. The lowest BCUT2D eigenvalue weighted by Gasteiger charge is -2.16. The lowest BCUT2D eigenvalue weighted by Crippen LogP contribution is -2.32. The Morgan fingerprint density at radius 2 is 1.35 bits per heavy atom. The SMILES string of the molecule is Cc1ccc(C2=C(Nc3cc(C)cc(C)c3)C(=O)N(c3ccc(F)c(F)c3)C2=O)cc1. The van der Waals surface area contributed by atoms with Gasteiger partial charge in [-0.25, -0.2) is 13.7 Å². The van der Waals surface area contributed by atoms with E-state index < -0.39 is 23.4 Å². The van der Waals surface area contributed by atoms with Crippen LogP contribution in [0.4, 0.5) is 20.2 Å². The van der Waals surface area contributed by atoms with E-state index in [9.17, 15) is 18.4 Å². The van der Waals surface area contributed by atoms with E-state index >= 15 is 0 Å². The number of rotatable bonds is 4. The summed E-state index contributed by atoms with van der Waals surface area (Å²) < 4.78 is 27.2. The summed E-state index contributed by atoms with van der Waals surface area (Å²) in [4.78, 5) is 27.5. The van der Waals surface area contributed by atoms with Crippen molar-refractivity contribution in [1.29, 1.82) is 0 Å². The van der Waals surface area contributed by atoms with Crippen molar-refractivity contribution in [3.8, 4) is 0 Å². The molecule has 0 fully saturated rings. The van der Waals surface area contributed by atoms with E-state index in [1.165, 1.54) is 6.07 Å². The number of anilines is 2. The van der Waals surface area contributed by atoms with Crippen LogP contribution in [0.25, 0.3) is 5.57 Å². The first-order chi connectivity index (χ1) is 14.7. The number of benzene rings is 3. The molecule has 1 heterocycles. The molecule has 3 aromatic rings. The summed E-state index contributed by atoms with van der Waals surface area (Å²) in [7, 11) is 0. The molecule has 3 aromatic carbocycles. The van der Waals surface area contributed by atoms with Crippen LogP contribution in [0.2, 0.25) is 0 Å². The van der Waals surface area contributed by atoms with Crippen molar-refractivity contribution in [2.75, 3.05) is 10.2 Å². The summed E-state index contributed by atoms with van der Waals surface area (Å²) in [6.07, 6.45) is 0. The average molecular weight is 418 g/mol. The van der Waals surface area contributed by atoms with Gasteiger partial charge in [-0.1, -0.05) is 35.9 Å². The molecule has 0 aromatic heterocycles. The van der Waals surface area contributed by atoms with Crippen LogP contribution in [0.3, 0.4) is 0 Å². The minimum atomic E-state index is -1.13. The molecule has 1 N–H and O–H groups in total. The van der Waals surface area contributed by atoms with Gasteiger partial charge in [0.2, 0.25) is 0 Å². The van der Waals surface area contributed by atoms with Crippen LogP contribution in [0.5, 0.6) is 0 Å². The van der Waals surface area contributed by atoms with E-state index in [4.69, 9.17) is 0 Å². The molecule has 0 bridgehead atoms. The molecule has 0 radical (unpaired) electrons. The Bertz CT molecular complexity index is 1230. The van der Waals surface area contributed by atoms with Crippen LogP contribution in [0.15, 0.2) is 66.4 Å². The molecule has 0 aliphatic carbocycles. The van der Waals surface area contributed by atoms with Crippen LogP contribution in [-0.2, 0) is 9.59 Å². The Kier molecular flexibility index (Phi) is 5.15. The normalized spacial score (nSPS) is 13.9. The fourth-order valence-electron chi connectivity index (χ4n) is 3.68. The number of aryl methyl sites for hydroxylation is 3. The number of amides is 2. The predicted octanol–water partition coefficient (Wildman–Crippen LogP) is 5.29. The maximum absolute atomic E-state index is 13.8. The molecule has 31 heavy (non-hydrogen) atoms. The molecule has 6 heteroatoms. The lowest BCUT2D eigenvalue weighted by molar-refractivity contribution is -0.120. The Balaban J connectivity index is 1.84. The Labute approximate surface area is 178 Å². The topological polar surface area (TPSA) is 49.4 Å².